The summed E-state index contributed by atoms with van der Waals surface area (Å²) in [5.74, 6) is 1.48. The molecular formula is C21H28S. The van der Waals surface area contributed by atoms with Crippen molar-refractivity contribution in [3.05, 3.63) is 72.4 Å². The van der Waals surface area contributed by atoms with E-state index in [4.69, 9.17) is 0 Å². The van der Waals surface area contributed by atoms with Gasteiger partial charge in [0.25, 0.3) is 0 Å². The minimum absolute atomic E-state index is 0.106. The van der Waals surface area contributed by atoms with Gasteiger partial charge < -0.3 is 0 Å². The molecule has 1 aliphatic carbocycles. The SMILES string of the molecule is C=CC1(c2ccccc2C)CCC(=C)C(C/C=C\CCS)C1. The van der Waals surface area contributed by atoms with Gasteiger partial charge in [-0.1, -0.05) is 54.6 Å². The van der Waals surface area contributed by atoms with Crippen molar-refractivity contribution in [2.75, 3.05) is 5.75 Å². The second-order valence-electron chi connectivity index (χ2n) is 6.45. The van der Waals surface area contributed by atoms with Crippen molar-refractivity contribution in [3.63, 3.8) is 0 Å². The third-order valence-electron chi connectivity index (χ3n) is 5.04. The van der Waals surface area contributed by atoms with Crippen LogP contribution in [0.15, 0.2) is 61.2 Å². The third kappa shape index (κ3) is 3.76. The highest BCUT2D eigenvalue weighted by Gasteiger charge is 2.37. The summed E-state index contributed by atoms with van der Waals surface area (Å²) in [4.78, 5) is 0. The molecule has 0 radical (unpaired) electrons. The molecule has 2 atom stereocenters. The average Bonchev–Trinajstić information content (AvgIpc) is 2.54. The Morgan fingerprint density at radius 2 is 2.09 bits per heavy atom. The van der Waals surface area contributed by atoms with Crippen molar-refractivity contribution in [3.8, 4) is 0 Å². The summed E-state index contributed by atoms with van der Waals surface area (Å²) in [5, 5.41) is 0. The lowest BCUT2D eigenvalue weighted by atomic mass is 9.63. The molecule has 2 unspecified atom stereocenters. The molecule has 1 fully saturated rings. The zero-order valence-electron chi connectivity index (χ0n) is 13.7. The minimum atomic E-state index is 0.106. The van der Waals surface area contributed by atoms with Crippen LogP contribution in [-0.2, 0) is 5.41 Å². The van der Waals surface area contributed by atoms with Crippen molar-refractivity contribution in [1.82, 2.24) is 0 Å². The first-order valence-electron chi connectivity index (χ1n) is 8.26. The average molecular weight is 313 g/mol. The van der Waals surface area contributed by atoms with Gasteiger partial charge in [-0.2, -0.15) is 12.6 Å². The second-order valence-corrected chi connectivity index (χ2v) is 6.90. The van der Waals surface area contributed by atoms with Gasteiger partial charge >= 0.3 is 0 Å². The van der Waals surface area contributed by atoms with E-state index in [1.165, 1.54) is 16.7 Å². The van der Waals surface area contributed by atoms with Gasteiger partial charge in [-0.15, -0.1) is 6.58 Å². The Bertz CT molecular complexity index is 555. The lowest BCUT2D eigenvalue weighted by molar-refractivity contribution is 0.330. The largest absolute Gasteiger partial charge is 0.179 e. The number of thiol groups is 1. The summed E-state index contributed by atoms with van der Waals surface area (Å²) >= 11 is 4.26. The van der Waals surface area contributed by atoms with E-state index in [0.717, 1.165) is 37.9 Å². The molecule has 1 saturated carbocycles. The van der Waals surface area contributed by atoms with Crippen LogP contribution in [0.2, 0.25) is 0 Å². The molecule has 1 heteroatoms. The predicted octanol–water partition coefficient (Wildman–Crippen LogP) is 6.04. The summed E-state index contributed by atoms with van der Waals surface area (Å²) in [6.45, 7) is 10.7. The number of hydrogen-bond donors (Lipinski definition) is 1. The zero-order chi connectivity index (χ0) is 16.0. The summed E-state index contributed by atoms with van der Waals surface area (Å²) in [6.07, 6.45) is 12.3. The Labute approximate surface area is 141 Å². The first kappa shape index (κ1) is 17.1. The smallest absolute Gasteiger partial charge is 0.0141 e. The fourth-order valence-corrected chi connectivity index (χ4v) is 3.80. The van der Waals surface area contributed by atoms with Crippen LogP contribution in [0.1, 0.15) is 43.2 Å². The highest BCUT2D eigenvalue weighted by atomic mass is 32.1. The molecule has 0 heterocycles. The van der Waals surface area contributed by atoms with E-state index in [1.807, 2.05) is 0 Å². The van der Waals surface area contributed by atoms with Gasteiger partial charge in [0, 0.05) is 5.41 Å². The third-order valence-corrected chi connectivity index (χ3v) is 5.29. The van der Waals surface area contributed by atoms with E-state index < -0.39 is 0 Å². The van der Waals surface area contributed by atoms with Crippen LogP contribution in [0.4, 0.5) is 0 Å². The van der Waals surface area contributed by atoms with E-state index in [-0.39, 0.29) is 5.41 Å². The Balaban J connectivity index is 2.21. The van der Waals surface area contributed by atoms with Gasteiger partial charge in [-0.25, -0.2) is 0 Å². The molecule has 1 aromatic rings. The molecule has 0 nitrogen and oxygen atoms in total. The lowest BCUT2D eigenvalue weighted by Crippen LogP contribution is -2.32. The molecule has 0 aromatic heterocycles. The summed E-state index contributed by atoms with van der Waals surface area (Å²) < 4.78 is 0. The number of hydrogen-bond acceptors (Lipinski definition) is 1. The Hall–Kier alpha value is -1.21. The summed E-state index contributed by atoms with van der Waals surface area (Å²) in [6, 6.07) is 8.76. The maximum atomic E-state index is 4.33. The molecule has 1 aliphatic rings. The van der Waals surface area contributed by atoms with E-state index in [0.29, 0.717) is 5.92 Å². The molecule has 0 aliphatic heterocycles. The number of aryl methyl sites for hydroxylation is 1. The Kier molecular flexibility index (Phi) is 6.14. The highest BCUT2D eigenvalue weighted by Crippen LogP contribution is 2.46. The summed E-state index contributed by atoms with van der Waals surface area (Å²) in [5.41, 5.74) is 4.33. The molecule has 0 saturated heterocycles. The summed E-state index contributed by atoms with van der Waals surface area (Å²) in [7, 11) is 0. The lowest BCUT2D eigenvalue weighted by Gasteiger charge is -2.41. The fourth-order valence-electron chi connectivity index (χ4n) is 3.65. The zero-order valence-corrected chi connectivity index (χ0v) is 14.6. The molecular weight excluding hydrogens is 284 g/mol. The van der Waals surface area contributed by atoms with Crippen molar-refractivity contribution in [2.24, 2.45) is 5.92 Å². The van der Waals surface area contributed by atoms with Gasteiger partial charge in [0.15, 0.2) is 0 Å². The molecule has 2 rings (SSSR count). The molecule has 0 N–H and O–H groups in total. The molecule has 22 heavy (non-hydrogen) atoms. The molecule has 1 aromatic carbocycles. The fraction of sp³-hybridized carbons (Fsp3) is 0.429. The Morgan fingerprint density at radius 3 is 2.77 bits per heavy atom. The second kappa shape index (κ2) is 7.87. The van der Waals surface area contributed by atoms with Crippen LogP contribution in [0.3, 0.4) is 0 Å². The topological polar surface area (TPSA) is 0 Å². The van der Waals surface area contributed by atoms with Crippen LogP contribution in [-0.4, -0.2) is 5.75 Å². The monoisotopic (exact) mass is 312 g/mol. The van der Waals surface area contributed by atoms with E-state index in [1.54, 1.807) is 0 Å². The van der Waals surface area contributed by atoms with Crippen molar-refractivity contribution in [1.29, 1.82) is 0 Å². The van der Waals surface area contributed by atoms with Gasteiger partial charge in [-0.05, 0) is 61.8 Å². The maximum Gasteiger partial charge on any atom is 0.0141 e. The molecule has 118 valence electrons. The number of benzene rings is 1. The number of rotatable bonds is 6. The Morgan fingerprint density at radius 1 is 1.32 bits per heavy atom. The van der Waals surface area contributed by atoms with E-state index in [2.05, 4.69) is 75.2 Å². The van der Waals surface area contributed by atoms with Crippen molar-refractivity contribution in [2.45, 2.75) is 44.4 Å². The highest BCUT2D eigenvalue weighted by molar-refractivity contribution is 7.80. The van der Waals surface area contributed by atoms with Crippen LogP contribution < -0.4 is 0 Å². The van der Waals surface area contributed by atoms with Gasteiger partial charge in [0.2, 0.25) is 0 Å². The molecule has 0 amide bonds. The standard InChI is InChI=1S/C21H28S/c1-4-21(20-12-8-7-10-18(20)3)14-13-17(2)19(16-21)11-6-5-9-15-22/h4-8,10,12,19,22H,1-2,9,11,13-16H2,3H3/b6-5-. The first-order chi connectivity index (χ1) is 10.6. The first-order valence-corrected chi connectivity index (χ1v) is 8.89. The van der Waals surface area contributed by atoms with Crippen LogP contribution >= 0.6 is 12.6 Å². The van der Waals surface area contributed by atoms with Crippen LogP contribution in [0, 0.1) is 12.8 Å². The number of allylic oxidation sites excluding steroid dienone is 4. The van der Waals surface area contributed by atoms with Gasteiger partial charge in [-0.3, -0.25) is 0 Å². The molecule has 0 spiro atoms. The maximum absolute atomic E-state index is 4.33. The van der Waals surface area contributed by atoms with E-state index in [9.17, 15) is 0 Å². The predicted molar refractivity (Wildman–Crippen MR) is 102 cm³/mol. The van der Waals surface area contributed by atoms with Crippen molar-refractivity contribution < 1.29 is 0 Å². The quantitative estimate of drug-likeness (QED) is 0.480. The normalized spacial score (nSPS) is 25.5. The van der Waals surface area contributed by atoms with Gasteiger partial charge in [0.05, 0.1) is 0 Å². The molecule has 0 bridgehead atoms. The van der Waals surface area contributed by atoms with Gasteiger partial charge in [0.1, 0.15) is 0 Å². The van der Waals surface area contributed by atoms with Crippen LogP contribution in [0.25, 0.3) is 0 Å². The van der Waals surface area contributed by atoms with E-state index >= 15 is 0 Å². The minimum Gasteiger partial charge on any atom is -0.179 e. The van der Waals surface area contributed by atoms with Crippen LogP contribution in [0.5, 0.6) is 0 Å². The van der Waals surface area contributed by atoms with Crippen molar-refractivity contribution >= 4 is 12.6 Å².